The molecule has 0 atom stereocenters. The summed E-state index contributed by atoms with van der Waals surface area (Å²) >= 11 is 0. The lowest BCUT2D eigenvalue weighted by atomic mass is 9.89. The van der Waals surface area contributed by atoms with Gasteiger partial charge in [-0.25, -0.2) is 4.98 Å². The second-order valence-electron chi connectivity index (χ2n) is 9.21. The first kappa shape index (κ1) is 23.6. The van der Waals surface area contributed by atoms with Crippen molar-refractivity contribution < 1.29 is 9.53 Å². The number of nitrogens with zero attached hydrogens (tertiary/aromatic N) is 4. The second-order valence-corrected chi connectivity index (χ2v) is 9.21. The molecule has 7 heteroatoms. The van der Waals surface area contributed by atoms with Crippen LogP contribution < -0.4 is 10.1 Å². The summed E-state index contributed by atoms with van der Waals surface area (Å²) in [6.45, 7) is 5.57. The number of fused-ring (bicyclic) bond motifs is 1. The first-order valence-corrected chi connectivity index (χ1v) is 12.3. The number of nitriles is 1. The Balaban J connectivity index is 1.27. The average Bonchev–Trinajstić information content (AvgIpc) is 3.27. The molecule has 0 unspecified atom stereocenters. The van der Waals surface area contributed by atoms with Gasteiger partial charge in [-0.2, -0.15) is 5.26 Å². The molecule has 1 fully saturated rings. The summed E-state index contributed by atoms with van der Waals surface area (Å²) in [6, 6.07) is 19.1. The Bertz CT molecular complexity index is 1430. The van der Waals surface area contributed by atoms with E-state index < -0.39 is 0 Å². The second kappa shape index (κ2) is 10.2. The van der Waals surface area contributed by atoms with E-state index in [1.807, 2.05) is 48.1 Å². The number of anilines is 1. The van der Waals surface area contributed by atoms with Crippen LogP contribution in [0.4, 0.5) is 5.82 Å². The number of amides is 1. The van der Waals surface area contributed by atoms with E-state index in [9.17, 15) is 10.1 Å². The molecule has 1 saturated heterocycles. The van der Waals surface area contributed by atoms with Crippen molar-refractivity contribution in [1.29, 1.82) is 5.26 Å². The van der Waals surface area contributed by atoms with Crippen LogP contribution in [0.5, 0.6) is 11.5 Å². The molecule has 7 nitrogen and oxygen atoms in total. The molecule has 1 aliphatic rings. The minimum atomic E-state index is -0.226. The number of hydrogen-bond acceptors (Lipinski definition) is 5. The number of hydrogen-bond donors (Lipinski definition) is 1. The molecule has 1 amide bonds. The van der Waals surface area contributed by atoms with Crippen molar-refractivity contribution in [2.75, 3.05) is 25.0 Å². The van der Waals surface area contributed by atoms with Crippen molar-refractivity contribution in [3.8, 4) is 17.6 Å². The lowest BCUT2D eigenvalue weighted by molar-refractivity contribution is 0.102. The van der Waals surface area contributed by atoms with Crippen molar-refractivity contribution in [3.63, 3.8) is 0 Å². The van der Waals surface area contributed by atoms with Crippen molar-refractivity contribution >= 4 is 22.6 Å². The van der Waals surface area contributed by atoms with Gasteiger partial charge >= 0.3 is 0 Å². The van der Waals surface area contributed by atoms with E-state index in [4.69, 9.17) is 4.74 Å². The smallest absolute Gasteiger partial charge is 0.256 e. The maximum absolute atomic E-state index is 12.9. The Kier molecular flexibility index (Phi) is 6.70. The predicted molar refractivity (Wildman–Crippen MR) is 140 cm³/mol. The zero-order valence-corrected chi connectivity index (χ0v) is 20.6. The fraction of sp³-hybridized carbons (Fsp3) is 0.276. The van der Waals surface area contributed by atoms with Gasteiger partial charge in [-0.15, -0.1) is 0 Å². The highest BCUT2D eigenvalue weighted by Gasteiger charge is 2.20. The van der Waals surface area contributed by atoms with Gasteiger partial charge in [-0.1, -0.05) is 19.1 Å². The summed E-state index contributed by atoms with van der Waals surface area (Å²) in [6.07, 6.45) is 5.82. The first-order chi connectivity index (χ1) is 17.5. The largest absolute Gasteiger partial charge is 0.456 e. The highest BCUT2D eigenvalue weighted by atomic mass is 16.5. The van der Waals surface area contributed by atoms with Gasteiger partial charge in [-0.3, -0.25) is 4.79 Å². The third kappa shape index (κ3) is 4.95. The summed E-state index contributed by atoms with van der Waals surface area (Å²) in [5.41, 5.74) is 3.27. The van der Waals surface area contributed by atoms with E-state index in [0.29, 0.717) is 34.4 Å². The summed E-state index contributed by atoms with van der Waals surface area (Å²) < 4.78 is 7.98. The van der Waals surface area contributed by atoms with Crippen molar-refractivity contribution in [2.45, 2.75) is 25.7 Å². The molecule has 0 radical (unpaired) electrons. The van der Waals surface area contributed by atoms with Crippen LogP contribution in [-0.2, 0) is 7.05 Å². The van der Waals surface area contributed by atoms with Crippen LogP contribution in [0.15, 0.2) is 67.0 Å². The van der Waals surface area contributed by atoms with Gasteiger partial charge in [0.15, 0.2) is 0 Å². The first-order valence-electron chi connectivity index (χ1n) is 12.3. The molecule has 0 bridgehead atoms. The maximum Gasteiger partial charge on any atom is 0.256 e. The summed E-state index contributed by atoms with van der Waals surface area (Å²) in [4.78, 5) is 19.6. The number of piperidine rings is 1. The molecule has 5 rings (SSSR count). The number of pyridine rings is 1. The Morgan fingerprint density at radius 2 is 1.92 bits per heavy atom. The molecule has 182 valence electrons. The highest BCUT2D eigenvalue weighted by Crippen LogP contribution is 2.31. The van der Waals surface area contributed by atoms with Gasteiger partial charge in [0, 0.05) is 42.0 Å². The zero-order chi connectivity index (χ0) is 25.1. The number of benzene rings is 2. The quantitative estimate of drug-likeness (QED) is 0.384. The summed E-state index contributed by atoms with van der Waals surface area (Å²) in [5, 5.41) is 13.4. The molecule has 1 aliphatic heterocycles. The molecule has 0 saturated carbocycles. The Hall–Kier alpha value is -4.15. The monoisotopic (exact) mass is 479 g/mol. The Morgan fingerprint density at radius 1 is 1.14 bits per heavy atom. The number of likely N-dealkylation sites (tertiary alicyclic amines) is 1. The number of aromatic nitrogens is 2. The fourth-order valence-electron chi connectivity index (χ4n) is 4.81. The third-order valence-corrected chi connectivity index (χ3v) is 6.99. The van der Waals surface area contributed by atoms with Crippen LogP contribution in [-0.4, -0.2) is 40.0 Å². The van der Waals surface area contributed by atoms with Crippen LogP contribution >= 0.6 is 0 Å². The lowest BCUT2D eigenvalue weighted by Crippen LogP contribution is -2.32. The average molecular weight is 480 g/mol. The molecular formula is C29H29N5O2. The molecule has 4 aromatic rings. The molecule has 2 aromatic carbocycles. The van der Waals surface area contributed by atoms with Gasteiger partial charge in [0.1, 0.15) is 23.4 Å². The normalized spacial score (nSPS) is 14.5. The topological polar surface area (TPSA) is 83.2 Å². The van der Waals surface area contributed by atoms with Crippen molar-refractivity contribution in [1.82, 2.24) is 14.5 Å². The van der Waals surface area contributed by atoms with Gasteiger partial charge in [0.05, 0.1) is 5.56 Å². The highest BCUT2D eigenvalue weighted by molar-refractivity contribution is 6.03. The van der Waals surface area contributed by atoms with E-state index in [1.165, 1.54) is 5.56 Å². The molecule has 3 heterocycles. The number of ether oxygens (including phenoxy) is 1. The fourth-order valence-corrected chi connectivity index (χ4v) is 4.81. The van der Waals surface area contributed by atoms with Crippen LogP contribution in [0.3, 0.4) is 0 Å². The van der Waals surface area contributed by atoms with E-state index in [0.717, 1.165) is 43.4 Å². The number of rotatable bonds is 6. The predicted octanol–water partition coefficient (Wildman–Crippen LogP) is 5.69. The Morgan fingerprint density at radius 3 is 2.64 bits per heavy atom. The van der Waals surface area contributed by atoms with Crippen molar-refractivity contribution in [2.24, 2.45) is 7.05 Å². The molecule has 0 spiro atoms. The lowest BCUT2D eigenvalue weighted by Gasteiger charge is -2.31. The molecular weight excluding hydrogens is 450 g/mol. The SMILES string of the molecule is CCN1CCC(c2ccc(C(=O)Nc3cc(Oc4cc5ccn(C)c5cc4C#N)ccn3)cc2)CC1. The van der Waals surface area contributed by atoms with E-state index in [2.05, 4.69) is 40.3 Å². The van der Waals surface area contributed by atoms with E-state index >= 15 is 0 Å². The number of nitrogens with one attached hydrogen (secondary N) is 1. The van der Waals surface area contributed by atoms with Crippen LogP contribution in [0.25, 0.3) is 10.9 Å². The van der Waals surface area contributed by atoms with E-state index in [1.54, 1.807) is 18.3 Å². The Labute approximate surface area is 210 Å². The molecule has 2 aromatic heterocycles. The van der Waals surface area contributed by atoms with E-state index in [-0.39, 0.29) is 5.91 Å². The number of carbonyl (C=O) groups excluding carboxylic acids is 1. The van der Waals surface area contributed by atoms with Crippen molar-refractivity contribution in [3.05, 3.63) is 83.7 Å². The zero-order valence-electron chi connectivity index (χ0n) is 20.6. The van der Waals surface area contributed by atoms with Crippen LogP contribution in [0.1, 0.15) is 47.2 Å². The van der Waals surface area contributed by atoms with Gasteiger partial charge in [0.25, 0.3) is 5.91 Å². The minimum absolute atomic E-state index is 0.226. The molecule has 1 N–H and O–H groups in total. The summed E-state index contributed by atoms with van der Waals surface area (Å²) in [5.74, 6) is 1.65. The third-order valence-electron chi connectivity index (χ3n) is 6.99. The van der Waals surface area contributed by atoms with Gasteiger partial charge in [-0.05, 0) is 80.4 Å². The van der Waals surface area contributed by atoms with Gasteiger partial charge < -0.3 is 19.5 Å². The maximum atomic E-state index is 12.9. The van der Waals surface area contributed by atoms with Crippen LogP contribution in [0.2, 0.25) is 0 Å². The standard InChI is InChI=1S/C29H29N5O2/c1-3-34-14-10-21(11-15-34)20-4-6-22(7-5-20)29(35)32-28-18-25(8-12-31-28)36-27-17-23-9-13-33(2)26(23)16-24(27)19-30/h4-9,12-13,16-18,21H,3,10-11,14-15H2,1-2H3,(H,31,32,35). The minimum Gasteiger partial charge on any atom is -0.456 e. The number of aryl methyl sites for hydroxylation is 1. The molecule has 0 aliphatic carbocycles. The summed E-state index contributed by atoms with van der Waals surface area (Å²) in [7, 11) is 1.94. The van der Waals surface area contributed by atoms with Gasteiger partial charge in [0.2, 0.25) is 0 Å². The molecule has 36 heavy (non-hydrogen) atoms. The van der Waals surface area contributed by atoms with Crippen LogP contribution in [0, 0.1) is 11.3 Å². The number of carbonyl (C=O) groups is 1.